The Kier molecular flexibility index (Phi) is 6.66. The van der Waals surface area contributed by atoms with Crippen molar-refractivity contribution < 1.29 is 13.2 Å². The van der Waals surface area contributed by atoms with E-state index in [0.717, 1.165) is 12.8 Å². The quantitative estimate of drug-likeness (QED) is 0.513. The van der Waals surface area contributed by atoms with E-state index in [2.05, 4.69) is 15.4 Å². The second-order valence-electron chi connectivity index (χ2n) is 4.64. The van der Waals surface area contributed by atoms with Gasteiger partial charge in [0.05, 0.1) is 6.26 Å². The van der Waals surface area contributed by atoms with Crippen molar-refractivity contribution in [1.82, 2.24) is 15.4 Å². The molecule has 0 heterocycles. The summed E-state index contributed by atoms with van der Waals surface area (Å²) in [6, 6.07) is 0. The van der Waals surface area contributed by atoms with Gasteiger partial charge < -0.3 is 10.6 Å². The van der Waals surface area contributed by atoms with Crippen molar-refractivity contribution in [3.8, 4) is 0 Å². The second-order valence-corrected chi connectivity index (χ2v) is 6.39. The molecule has 17 heavy (non-hydrogen) atoms. The Labute approximate surface area is 104 Å². The van der Waals surface area contributed by atoms with Crippen LogP contribution in [0.25, 0.3) is 0 Å². The first-order valence-electron chi connectivity index (χ1n) is 5.62. The van der Waals surface area contributed by atoms with Gasteiger partial charge in [-0.05, 0) is 20.4 Å². The smallest absolute Gasteiger partial charge is 0.221 e. The van der Waals surface area contributed by atoms with Gasteiger partial charge in [-0.25, -0.2) is 13.1 Å². The maximum atomic E-state index is 11.4. The van der Waals surface area contributed by atoms with Crippen LogP contribution >= 0.6 is 0 Å². The number of hydrogen-bond acceptors (Lipinski definition) is 4. The molecule has 1 amide bonds. The number of amides is 1. The van der Waals surface area contributed by atoms with Crippen LogP contribution in [0.15, 0.2) is 0 Å². The fraction of sp³-hybridized carbons (Fsp3) is 0.900. The lowest BCUT2D eigenvalue weighted by Crippen LogP contribution is -2.51. The lowest BCUT2D eigenvalue weighted by Gasteiger charge is -2.25. The van der Waals surface area contributed by atoms with Gasteiger partial charge in [-0.3, -0.25) is 4.79 Å². The molecule has 102 valence electrons. The molecule has 3 N–H and O–H groups in total. The van der Waals surface area contributed by atoms with Gasteiger partial charge in [-0.1, -0.05) is 6.92 Å². The van der Waals surface area contributed by atoms with Gasteiger partial charge in [-0.2, -0.15) is 0 Å². The molecule has 0 radical (unpaired) electrons. The van der Waals surface area contributed by atoms with E-state index >= 15 is 0 Å². The lowest BCUT2D eigenvalue weighted by molar-refractivity contribution is -0.121. The zero-order valence-corrected chi connectivity index (χ0v) is 11.8. The van der Waals surface area contributed by atoms with E-state index in [1.54, 1.807) is 13.8 Å². The Bertz CT molecular complexity index is 339. The normalized spacial score (nSPS) is 12.5. The number of carbonyl (C=O) groups is 1. The predicted molar refractivity (Wildman–Crippen MR) is 68.2 cm³/mol. The zero-order chi connectivity index (χ0) is 13.5. The van der Waals surface area contributed by atoms with Crippen molar-refractivity contribution in [3.63, 3.8) is 0 Å². The minimum absolute atomic E-state index is 0.0886. The summed E-state index contributed by atoms with van der Waals surface area (Å²) in [4.78, 5) is 11.4. The molecular weight excluding hydrogens is 242 g/mol. The summed E-state index contributed by atoms with van der Waals surface area (Å²) in [5, 5.41) is 5.74. The third kappa shape index (κ3) is 10.2. The highest BCUT2D eigenvalue weighted by Crippen LogP contribution is 2.01. The van der Waals surface area contributed by atoms with E-state index in [1.807, 2.05) is 6.92 Å². The maximum Gasteiger partial charge on any atom is 0.221 e. The highest BCUT2D eigenvalue weighted by molar-refractivity contribution is 7.88. The molecule has 0 saturated carbocycles. The van der Waals surface area contributed by atoms with Crippen molar-refractivity contribution in [2.75, 3.05) is 25.9 Å². The van der Waals surface area contributed by atoms with Crippen molar-refractivity contribution in [1.29, 1.82) is 0 Å². The van der Waals surface area contributed by atoms with Gasteiger partial charge in [0, 0.05) is 25.0 Å². The van der Waals surface area contributed by atoms with Crippen LogP contribution in [0.3, 0.4) is 0 Å². The summed E-state index contributed by atoms with van der Waals surface area (Å²) in [6.07, 6.45) is 1.49. The molecule has 0 fully saturated rings. The van der Waals surface area contributed by atoms with E-state index in [0.29, 0.717) is 13.0 Å². The molecule has 0 atom stereocenters. The third-order valence-corrected chi connectivity index (χ3v) is 2.89. The Morgan fingerprint density at radius 3 is 2.35 bits per heavy atom. The highest BCUT2D eigenvalue weighted by Gasteiger charge is 2.22. The fourth-order valence-electron chi connectivity index (χ4n) is 1.32. The molecule has 0 aliphatic heterocycles. The largest absolute Gasteiger partial charge is 0.354 e. The number of carbonyl (C=O) groups excluding carboxylic acids is 1. The number of nitrogens with one attached hydrogen (secondary N) is 3. The number of rotatable bonds is 8. The minimum Gasteiger partial charge on any atom is -0.354 e. The first-order chi connectivity index (χ1) is 7.66. The predicted octanol–water partition coefficient (Wildman–Crippen LogP) is -0.570. The summed E-state index contributed by atoms with van der Waals surface area (Å²) in [5.74, 6) is -0.0886. The number of hydrogen-bond donors (Lipinski definition) is 3. The molecule has 0 aromatic rings. The van der Waals surface area contributed by atoms with Crippen molar-refractivity contribution in [2.24, 2.45) is 0 Å². The van der Waals surface area contributed by atoms with E-state index in [-0.39, 0.29) is 12.5 Å². The highest BCUT2D eigenvalue weighted by atomic mass is 32.2. The Balaban J connectivity index is 3.97. The topological polar surface area (TPSA) is 87.3 Å². The molecule has 6 nitrogen and oxygen atoms in total. The lowest BCUT2D eigenvalue weighted by atomic mass is 10.1. The van der Waals surface area contributed by atoms with Gasteiger partial charge in [0.1, 0.15) is 0 Å². The first kappa shape index (κ1) is 16.3. The average molecular weight is 265 g/mol. The molecule has 0 bridgehead atoms. The summed E-state index contributed by atoms with van der Waals surface area (Å²) in [6.45, 7) is 7.13. The van der Waals surface area contributed by atoms with E-state index in [4.69, 9.17) is 0 Å². The van der Waals surface area contributed by atoms with Crippen molar-refractivity contribution in [3.05, 3.63) is 0 Å². The van der Waals surface area contributed by atoms with Crippen LogP contribution < -0.4 is 15.4 Å². The van der Waals surface area contributed by atoms with E-state index < -0.39 is 15.6 Å². The van der Waals surface area contributed by atoms with Gasteiger partial charge in [0.25, 0.3) is 0 Å². The second kappa shape index (κ2) is 6.93. The molecule has 0 aliphatic rings. The molecule has 0 aromatic heterocycles. The molecule has 0 spiro atoms. The summed E-state index contributed by atoms with van der Waals surface area (Å²) in [7, 11) is -3.26. The average Bonchev–Trinajstić information content (AvgIpc) is 2.12. The molecule has 7 heteroatoms. The van der Waals surface area contributed by atoms with Crippen LogP contribution in [0.4, 0.5) is 0 Å². The van der Waals surface area contributed by atoms with Crippen LogP contribution in [0.2, 0.25) is 0 Å². The SMILES string of the molecule is CCNCCC(=O)NCC(C)(C)NS(C)(=O)=O. The number of sulfonamides is 1. The van der Waals surface area contributed by atoms with Crippen LogP contribution in [0, 0.1) is 0 Å². The summed E-state index contributed by atoms with van der Waals surface area (Å²) < 4.78 is 24.6. The van der Waals surface area contributed by atoms with E-state index in [1.165, 1.54) is 0 Å². The summed E-state index contributed by atoms with van der Waals surface area (Å²) in [5.41, 5.74) is -0.679. The molecule has 0 aliphatic carbocycles. The first-order valence-corrected chi connectivity index (χ1v) is 7.52. The van der Waals surface area contributed by atoms with Gasteiger partial charge in [-0.15, -0.1) is 0 Å². The molecular formula is C10H23N3O3S. The Hall–Kier alpha value is -0.660. The monoisotopic (exact) mass is 265 g/mol. The molecule has 0 rings (SSSR count). The molecule has 0 unspecified atom stereocenters. The standard InChI is InChI=1S/C10H23N3O3S/c1-5-11-7-6-9(14)12-8-10(2,3)13-17(4,15)16/h11,13H,5-8H2,1-4H3,(H,12,14). The van der Waals surface area contributed by atoms with E-state index in [9.17, 15) is 13.2 Å². The minimum atomic E-state index is -3.26. The summed E-state index contributed by atoms with van der Waals surface area (Å²) >= 11 is 0. The molecule has 0 saturated heterocycles. The van der Waals surface area contributed by atoms with Crippen molar-refractivity contribution >= 4 is 15.9 Å². The van der Waals surface area contributed by atoms with Crippen LogP contribution in [-0.4, -0.2) is 45.8 Å². The van der Waals surface area contributed by atoms with Crippen LogP contribution in [-0.2, 0) is 14.8 Å². The van der Waals surface area contributed by atoms with Crippen LogP contribution in [0.5, 0.6) is 0 Å². The van der Waals surface area contributed by atoms with Gasteiger partial charge in [0.2, 0.25) is 15.9 Å². The molecule has 0 aromatic carbocycles. The zero-order valence-electron chi connectivity index (χ0n) is 11.0. The third-order valence-electron chi connectivity index (χ3n) is 1.97. The fourth-order valence-corrected chi connectivity index (χ4v) is 2.40. The Morgan fingerprint density at radius 2 is 1.88 bits per heavy atom. The van der Waals surface area contributed by atoms with Crippen molar-refractivity contribution in [2.45, 2.75) is 32.7 Å². The van der Waals surface area contributed by atoms with Gasteiger partial charge in [0.15, 0.2) is 0 Å². The van der Waals surface area contributed by atoms with Gasteiger partial charge >= 0.3 is 0 Å². The van der Waals surface area contributed by atoms with Crippen LogP contribution in [0.1, 0.15) is 27.2 Å². The maximum absolute atomic E-state index is 11.4. The Morgan fingerprint density at radius 1 is 1.29 bits per heavy atom.